The number of aromatic amines is 1. The molecule has 2 fully saturated rings. The highest BCUT2D eigenvalue weighted by Crippen LogP contribution is 2.39. The Morgan fingerprint density at radius 3 is 2.78 bits per heavy atom. The zero-order valence-electron chi connectivity index (χ0n) is 18.2. The third-order valence-corrected chi connectivity index (χ3v) is 6.50. The molecule has 0 aliphatic heterocycles. The molecular weight excluding hydrogens is 411 g/mol. The van der Waals surface area contributed by atoms with E-state index in [0.29, 0.717) is 58.2 Å². The van der Waals surface area contributed by atoms with E-state index in [1.54, 1.807) is 26.0 Å². The first-order valence-corrected chi connectivity index (χ1v) is 11.2. The highest BCUT2D eigenvalue weighted by Gasteiger charge is 2.30. The number of carbonyl (C=O) groups is 1. The predicted octanol–water partition coefficient (Wildman–Crippen LogP) is 3.81. The molecule has 32 heavy (non-hydrogen) atoms. The van der Waals surface area contributed by atoms with Gasteiger partial charge in [0.25, 0.3) is 5.91 Å². The van der Waals surface area contributed by atoms with Crippen LogP contribution < -0.4 is 10.1 Å². The number of hydrogen-bond acceptors (Lipinski definition) is 5. The van der Waals surface area contributed by atoms with Gasteiger partial charge in [-0.05, 0) is 63.5 Å². The van der Waals surface area contributed by atoms with Crippen LogP contribution >= 0.6 is 0 Å². The minimum absolute atomic E-state index is 0.273. The Kier molecular flexibility index (Phi) is 5.33. The number of ether oxygens (including phenoxy) is 1. The van der Waals surface area contributed by atoms with Gasteiger partial charge >= 0.3 is 0 Å². The normalized spacial score (nSPS) is 20.6. The number of aliphatic hydroxyl groups is 1. The van der Waals surface area contributed by atoms with Crippen molar-refractivity contribution >= 4 is 16.9 Å². The number of benzene rings is 1. The second kappa shape index (κ2) is 8.16. The van der Waals surface area contributed by atoms with Gasteiger partial charge in [-0.1, -0.05) is 6.07 Å². The number of aromatic nitrogens is 3. The topological polar surface area (TPSA) is 100 Å². The zero-order chi connectivity index (χ0) is 22.4. The molecule has 3 aromatic rings. The lowest BCUT2D eigenvalue weighted by Gasteiger charge is -2.16. The molecule has 3 N–H and O–H groups in total. The van der Waals surface area contributed by atoms with Crippen molar-refractivity contribution in [2.45, 2.75) is 58.1 Å². The van der Waals surface area contributed by atoms with Crippen molar-refractivity contribution in [1.82, 2.24) is 20.3 Å². The maximum absolute atomic E-state index is 15.3. The fraction of sp³-hybridized carbons (Fsp3) is 0.458. The molecule has 5 rings (SSSR count). The fourth-order valence-electron chi connectivity index (χ4n) is 4.43. The monoisotopic (exact) mass is 438 g/mol. The smallest absolute Gasteiger partial charge is 0.255 e. The summed E-state index contributed by atoms with van der Waals surface area (Å²) in [6.07, 6.45) is 5.37. The molecule has 168 valence electrons. The first-order valence-electron chi connectivity index (χ1n) is 11.2. The largest absolute Gasteiger partial charge is 0.492 e. The van der Waals surface area contributed by atoms with Crippen LogP contribution in [0.2, 0.25) is 0 Å². The number of halogens is 1. The van der Waals surface area contributed by atoms with Gasteiger partial charge in [-0.3, -0.25) is 4.79 Å². The van der Waals surface area contributed by atoms with E-state index < -0.39 is 11.9 Å². The summed E-state index contributed by atoms with van der Waals surface area (Å²) >= 11 is 0. The number of fused-ring (bicyclic) bond motifs is 1. The quantitative estimate of drug-likeness (QED) is 0.543. The number of amides is 1. The van der Waals surface area contributed by atoms with E-state index in [1.807, 2.05) is 0 Å². The maximum Gasteiger partial charge on any atom is 0.255 e. The Morgan fingerprint density at radius 2 is 2.06 bits per heavy atom. The van der Waals surface area contributed by atoms with Crippen molar-refractivity contribution in [1.29, 1.82) is 0 Å². The number of H-pyrrole nitrogens is 1. The standard InChI is InChI=1S/C24H27FN4O3/c1-12-6-9-17(32-10-14-7-8-14)19(20(12)25)22-23-21(26-11-27-22)18(13(2)28-23)24(31)29-15-4-3-5-16(15)30/h6,9,11,14-16,28,30H,3-5,7-8,10H2,1-2H3,(H,29,31)/t15-,16-/m0/s1. The molecule has 7 nitrogen and oxygen atoms in total. The van der Waals surface area contributed by atoms with Crippen molar-refractivity contribution in [3.05, 3.63) is 41.1 Å². The van der Waals surface area contributed by atoms with E-state index in [-0.39, 0.29) is 17.5 Å². The van der Waals surface area contributed by atoms with Crippen LogP contribution in [0.1, 0.15) is 53.7 Å². The summed E-state index contributed by atoms with van der Waals surface area (Å²) in [4.78, 5) is 25.0. The molecule has 1 aromatic carbocycles. The molecule has 8 heteroatoms. The Morgan fingerprint density at radius 1 is 1.25 bits per heavy atom. The number of nitrogens with zero attached hydrogens (tertiary/aromatic N) is 2. The van der Waals surface area contributed by atoms with Crippen molar-refractivity contribution < 1.29 is 19.0 Å². The molecular formula is C24H27FN4O3. The van der Waals surface area contributed by atoms with E-state index in [1.165, 1.54) is 6.33 Å². The second-order valence-corrected chi connectivity index (χ2v) is 8.97. The Hall–Kier alpha value is -3.00. The number of nitrogens with one attached hydrogen (secondary N) is 2. The second-order valence-electron chi connectivity index (χ2n) is 8.97. The fourth-order valence-corrected chi connectivity index (χ4v) is 4.43. The Labute approximate surface area is 185 Å². The summed E-state index contributed by atoms with van der Waals surface area (Å²) in [5.74, 6) is 0.254. The zero-order valence-corrected chi connectivity index (χ0v) is 18.2. The van der Waals surface area contributed by atoms with Crippen LogP contribution in [0.3, 0.4) is 0 Å². The molecule has 0 radical (unpaired) electrons. The summed E-state index contributed by atoms with van der Waals surface area (Å²) in [5.41, 5.74) is 3.04. The molecule has 2 aromatic heterocycles. The number of hydrogen-bond donors (Lipinski definition) is 3. The lowest BCUT2D eigenvalue weighted by atomic mass is 10.0. The molecule has 2 aliphatic rings. The molecule has 2 aliphatic carbocycles. The average Bonchev–Trinajstić information content (AvgIpc) is 3.42. The van der Waals surface area contributed by atoms with Gasteiger partial charge in [-0.15, -0.1) is 0 Å². The first kappa shape index (κ1) is 20.9. The molecule has 1 amide bonds. The third kappa shape index (κ3) is 3.72. The van der Waals surface area contributed by atoms with Gasteiger partial charge in [-0.2, -0.15) is 0 Å². The van der Waals surface area contributed by atoms with Crippen LogP contribution in [0.15, 0.2) is 18.5 Å². The van der Waals surface area contributed by atoms with Crippen molar-refractivity contribution in [3.63, 3.8) is 0 Å². The van der Waals surface area contributed by atoms with Gasteiger partial charge in [0.1, 0.15) is 29.1 Å². The summed E-state index contributed by atoms with van der Waals surface area (Å²) in [6, 6.07) is 3.20. The minimum Gasteiger partial charge on any atom is -0.492 e. The lowest BCUT2D eigenvalue weighted by Crippen LogP contribution is -2.40. The molecule has 0 saturated heterocycles. The van der Waals surface area contributed by atoms with Gasteiger partial charge in [0.2, 0.25) is 0 Å². The molecule has 0 unspecified atom stereocenters. The van der Waals surface area contributed by atoms with Crippen molar-refractivity contribution in [2.75, 3.05) is 6.61 Å². The van der Waals surface area contributed by atoms with Crippen LogP contribution in [-0.2, 0) is 0 Å². The number of aryl methyl sites for hydroxylation is 2. The predicted molar refractivity (Wildman–Crippen MR) is 118 cm³/mol. The van der Waals surface area contributed by atoms with Crippen LogP contribution in [0.4, 0.5) is 4.39 Å². The summed E-state index contributed by atoms with van der Waals surface area (Å²) < 4.78 is 21.3. The van der Waals surface area contributed by atoms with Crippen LogP contribution in [0, 0.1) is 25.6 Å². The molecule has 0 bridgehead atoms. The third-order valence-electron chi connectivity index (χ3n) is 6.50. The van der Waals surface area contributed by atoms with Gasteiger partial charge in [0.15, 0.2) is 0 Å². The van der Waals surface area contributed by atoms with Crippen LogP contribution in [-0.4, -0.2) is 44.7 Å². The van der Waals surface area contributed by atoms with E-state index >= 15 is 4.39 Å². The number of aliphatic hydroxyl groups excluding tert-OH is 1. The molecule has 2 atom stereocenters. The summed E-state index contributed by atoms with van der Waals surface area (Å²) in [5, 5.41) is 13.0. The molecule has 0 spiro atoms. The SMILES string of the molecule is Cc1ccc(OCC2CC2)c(-c2ncnc3c(C(=O)N[C@H]4CCC[C@@H]4O)c(C)[nH]c23)c1F. The van der Waals surface area contributed by atoms with Gasteiger partial charge < -0.3 is 20.1 Å². The van der Waals surface area contributed by atoms with Gasteiger partial charge in [0.05, 0.1) is 35.4 Å². The van der Waals surface area contributed by atoms with Crippen LogP contribution in [0.5, 0.6) is 5.75 Å². The highest BCUT2D eigenvalue weighted by atomic mass is 19.1. The van der Waals surface area contributed by atoms with Gasteiger partial charge in [-0.25, -0.2) is 14.4 Å². The molecule has 2 heterocycles. The van der Waals surface area contributed by atoms with E-state index in [9.17, 15) is 9.90 Å². The Balaban J connectivity index is 1.57. The Bertz CT molecular complexity index is 1190. The summed E-state index contributed by atoms with van der Waals surface area (Å²) in [7, 11) is 0. The molecule has 2 saturated carbocycles. The van der Waals surface area contributed by atoms with E-state index in [4.69, 9.17) is 4.74 Å². The van der Waals surface area contributed by atoms with E-state index in [2.05, 4.69) is 20.3 Å². The summed E-state index contributed by atoms with van der Waals surface area (Å²) in [6.45, 7) is 4.03. The van der Waals surface area contributed by atoms with Crippen LogP contribution in [0.25, 0.3) is 22.3 Å². The first-order chi connectivity index (χ1) is 15.4. The van der Waals surface area contributed by atoms with Gasteiger partial charge in [0, 0.05) is 5.69 Å². The number of rotatable bonds is 6. The minimum atomic E-state index is -0.540. The van der Waals surface area contributed by atoms with Crippen molar-refractivity contribution in [3.8, 4) is 17.0 Å². The highest BCUT2D eigenvalue weighted by molar-refractivity contribution is 6.09. The average molecular weight is 439 g/mol. The van der Waals surface area contributed by atoms with E-state index in [0.717, 1.165) is 25.7 Å². The van der Waals surface area contributed by atoms with Crippen molar-refractivity contribution in [2.24, 2.45) is 5.92 Å². The number of carbonyl (C=O) groups excluding carboxylic acids is 1. The maximum atomic E-state index is 15.3. The lowest BCUT2D eigenvalue weighted by molar-refractivity contribution is 0.0874.